The molecule has 2 aromatic carbocycles. The summed E-state index contributed by atoms with van der Waals surface area (Å²) in [5.41, 5.74) is 2.75. The molecule has 0 aliphatic carbocycles. The normalized spacial score (nSPS) is 11.1. The zero-order valence-electron chi connectivity index (χ0n) is 15.4. The second-order valence-corrected chi connectivity index (χ2v) is 7.31. The van der Waals surface area contributed by atoms with E-state index < -0.39 is 18.6 Å². The molecule has 0 radical (unpaired) electrons. The molecule has 148 valence electrons. The number of alkyl halides is 3. The Labute approximate surface area is 169 Å². The fourth-order valence-corrected chi connectivity index (χ4v) is 3.55. The van der Waals surface area contributed by atoms with E-state index in [0.717, 1.165) is 21.2 Å². The van der Waals surface area contributed by atoms with Crippen molar-refractivity contribution >= 4 is 17.2 Å². The molecule has 0 atom stereocenters. The van der Waals surface area contributed by atoms with E-state index in [2.05, 4.69) is 4.98 Å². The van der Waals surface area contributed by atoms with Gasteiger partial charge in [-0.1, -0.05) is 24.3 Å². The molecule has 0 unspecified atom stereocenters. The minimum Gasteiger partial charge on any atom is -0.325 e. The van der Waals surface area contributed by atoms with E-state index in [-0.39, 0.29) is 12.1 Å². The fraction of sp³-hybridized carbons (Fsp3) is 0.190. The van der Waals surface area contributed by atoms with Gasteiger partial charge in [-0.05, 0) is 36.8 Å². The molecule has 0 aliphatic heterocycles. The second kappa shape index (κ2) is 8.45. The van der Waals surface area contributed by atoms with Crippen molar-refractivity contribution in [1.82, 2.24) is 9.88 Å². The molecule has 1 heterocycles. The number of nitrogens with zero attached hydrogens (tertiary/aromatic N) is 3. The van der Waals surface area contributed by atoms with Gasteiger partial charge in [-0.15, -0.1) is 11.3 Å². The van der Waals surface area contributed by atoms with Crippen LogP contribution in [0.25, 0.3) is 10.6 Å². The van der Waals surface area contributed by atoms with Gasteiger partial charge in [0.1, 0.15) is 11.6 Å². The Hall–Kier alpha value is -3.18. The summed E-state index contributed by atoms with van der Waals surface area (Å²) in [6, 6.07) is 14.4. The SMILES string of the molecule is Cc1csc(-c2ccc(C(=O)N(Cc3ccc(C#N)cc3)CC(F)(F)F)cc2)n1. The molecule has 3 rings (SSSR count). The van der Waals surface area contributed by atoms with Crippen molar-refractivity contribution in [3.8, 4) is 16.6 Å². The van der Waals surface area contributed by atoms with Crippen LogP contribution in [0.2, 0.25) is 0 Å². The van der Waals surface area contributed by atoms with Gasteiger partial charge >= 0.3 is 6.18 Å². The number of aryl methyl sites for hydroxylation is 1. The number of thiazole rings is 1. The van der Waals surface area contributed by atoms with E-state index in [9.17, 15) is 18.0 Å². The lowest BCUT2D eigenvalue weighted by Gasteiger charge is -2.24. The van der Waals surface area contributed by atoms with Gasteiger partial charge in [-0.2, -0.15) is 18.4 Å². The van der Waals surface area contributed by atoms with Crippen LogP contribution in [0, 0.1) is 18.3 Å². The molecule has 0 bridgehead atoms. The largest absolute Gasteiger partial charge is 0.406 e. The highest BCUT2D eigenvalue weighted by atomic mass is 32.1. The monoisotopic (exact) mass is 415 g/mol. The maximum atomic E-state index is 13.0. The smallest absolute Gasteiger partial charge is 0.325 e. The quantitative estimate of drug-likeness (QED) is 0.576. The first-order chi connectivity index (χ1) is 13.7. The first-order valence-corrected chi connectivity index (χ1v) is 9.51. The molecule has 8 heteroatoms. The van der Waals surface area contributed by atoms with Crippen LogP contribution in [0.3, 0.4) is 0 Å². The molecule has 0 fully saturated rings. The van der Waals surface area contributed by atoms with E-state index in [0.29, 0.717) is 11.1 Å². The summed E-state index contributed by atoms with van der Waals surface area (Å²) < 4.78 is 39.1. The van der Waals surface area contributed by atoms with Crippen LogP contribution < -0.4 is 0 Å². The van der Waals surface area contributed by atoms with Crippen LogP contribution in [0.15, 0.2) is 53.9 Å². The van der Waals surface area contributed by atoms with Crippen molar-refractivity contribution in [3.63, 3.8) is 0 Å². The van der Waals surface area contributed by atoms with Gasteiger partial charge in [0.05, 0.1) is 11.6 Å². The van der Waals surface area contributed by atoms with Crippen molar-refractivity contribution in [3.05, 3.63) is 76.3 Å². The third kappa shape index (κ3) is 5.42. The molecule has 4 nitrogen and oxygen atoms in total. The predicted octanol–water partition coefficient (Wildman–Crippen LogP) is 5.19. The lowest BCUT2D eigenvalue weighted by Crippen LogP contribution is -2.38. The van der Waals surface area contributed by atoms with Crippen LogP contribution in [0.5, 0.6) is 0 Å². The van der Waals surface area contributed by atoms with Gasteiger partial charge in [-0.25, -0.2) is 4.98 Å². The van der Waals surface area contributed by atoms with Gasteiger partial charge in [0.15, 0.2) is 0 Å². The number of nitriles is 1. The number of carbonyl (C=O) groups is 1. The Morgan fingerprint density at radius 1 is 1.14 bits per heavy atom. The number of halogens is 3. The minimum absolute atomic E-state index is 0.167. The van der Waals surface area contributed by atoms with Gasteiger partial charge in [0.2, 0.25) is 0 Å². The highest BCUT2D eigenvalue weighted by Gasteiger charge is 2.33. The first kappa shape index (κ1) is 20.6. The molecule has 3 aromatic rings. The molecular formula is C21H16F3N3OS. The van der Waals surface area contributed by atoms with E-state index in [1.165, 1.54) is 35.6 Å². The highest BCUT2D eigenvalue weighted by molar-refractivity contribution is 7.13. The van der Waals surface area contributed by atoms with Crippen LogP contribution in [0.1, 0.15) is 27.2 Å². The number of aromatic nitrogens is 1. The topological polar surface area (TPSA) is 57.0 Å². The highest BCUT2D eigenvalue weighted by Crippen LogP contribution is 2.25. The second-order valence-electron chi connectivity index (χ2n) is 6.46. The van der Waals surface area contributed by atoms with Crippen LogP contribution in [-0.2, 0) is 6.54 Å². The molecule has 0 saturated carbocycles. The fourth-order valence-electron chi connectivity index (χ4n) is 2.75. The van der Waals surface area contributed by atoms with E-state index in [1.807, 2.05) is 18.4 Å². The average molecular weight is 415 g/mol. The zero-order valence-corrected chi connectivity index (χ0v) is 16.2. The number of amides is 1. The molecule has 0 N–H and O–H groups in total. The molecule has 1 amide bonds. The molecule has 0 aliphatic rings. The zero-order chi connectivity index (χ0) is 21.0. The van der Waals surface area contributed by atoms with Crippen LogP contribution >= 0.6 is 11.3 Å². The Morgan fingerprint density at radius 2 is 1.79 bits per heavy atom. The lowest BCUT2D eigenvalue weighted by molar-refractivity contribution is -0.141. The van der Waals surface area contributed by atoms with Crippen LogP contribution in [-0.4, -0.2) is 28.5 Å². The van der Waals surface area contributed by atoms with Crippen molar-refractivity contribution in [1.29, 1.82) is 5.26 Å². The summed E-state index contributed by atoms with van der Waals surface area (Å²) in [6.45, 7) is 0.298. The maximum Gasteiger partial charge on any atom is 0.406 e. The number of carbonyl (C=O) groups excluding carboxylic acids is 1. The molecule has 0 saturated heterocycles. The van der Waals surface area contributed by atoms with Crippen molar-refractivity contribution < 1.29 is 18.0 Å². The number of rotatable bonds is 5. The number of benzene rings is 2. The first-order valence-electron chi connectivity index (χ1n) is 8.63. The summed E-state index contributed by atoms with van der Waals surface area (Å²) in [5.74, 6) is -0.714. The van der Waals surface area contributed by atoms with Gasteiger partial charge in [0, 0.05) is 28.7 Å². The maximum absolute atomic E-state index is 13.0. The van der Waals surface area contributed by atoms with Gasteiger partial charge in [0.25, 0.3) is 5.91 Å². The Bertz CT molecular complexity index is 1030. The summed E-state index contributed by atoms with van der Waals surface area (Å²) >= 11 is 1.46. The van der Waals surface area contributed by atoms with Gasteiger partial charge in [-0.3, -0.25) is 4.79 Å². The summed E-state index contributed by atoms with van der Waals surface area (Å²) in [4.78, 5) is 17.9. The van der Waals surface area contributed by atoms with E-state index in [4.69, 9.17) is 5.26 Å². The molecule has 1 aromatic heterocycles. The summed E-state index contributed by atoms with van der Waals surface area (Å²) in [7, 11) is 0. The van der Waals surface area contributed by atoms with Crippen molar-refractivity contribution in [2.24, 2.45) is 0 Å². The standard InChI is InChI=1S/C21H16F3N3OS/c1-14-12-29-19(26-14)17-6-8-18(9-7-17)20(28)27(13-21(22,23)24)11-16-4-2-15(10-25)3-5-16/h2-9,12H,11,13H2,1H3. The Morgan fingerprint density at radius 3 is 2.31 bits per heavy atom. The predicted molar refractivity (Wildman–Crippen MR) is 104 cm³/mol. The summed E-state index contributed by atoms with van der Waals surface area (Å²) in [5, 5.41) is 11.5. The third-order valence-electron chi connectivity index (χ3n) is 4.11. The Balaban J connectivity index is 1.82. The van der Waals surface area contributed by atoms with Crippen molar-refractivity contribution in [2.75, 3.05) is 6.54 Å². The number of hydrogen-bond donors (Lipinski definition) is 0. The van der Waals surface area contributed by atoms with E-state index >= 15 is 0 Å². The van der Waals surface area contributed by atoms with Gasteiger partial charge < -0.3 is 4.90 Å². The van der Waals surface area contributed by atoms with Crippen LogP contribution in [0.4, 0.5) is 13.2 Å². The average Bonchev–Trinajstić information content (AvgIpc) is 3.13. The minimum atomic E-state index is -4.53. The molecule has 29 heavy (non-hydrogen) atoms. The lowest BCUT2D eigenvalue weighted by atomic mass is 10.1. The van der Waals surface area contributed by atoms with Crippen molar-refractivity contribution in [2.45, 2.75) is 19.6 Å². The Kier molecular flexibility index (Phi) is 5.99. The molecular weight excluding hydrogens is 399 g/mol. The molecule has 0 spiro atoms. The number of hydrogen-bond acceptors (Lipinski definition) is 4. The summed E-state index contributed by atoms with van der Waals surface area (Å²) in [6.07, 6.45) is -4.53. The third-order valence-corrected chi connectivity index (χ3v) is 5.12. The van der Waals surface area contributed by atoms with E-state index in [1.54, 1.807) is 24.3 Å².